The predicted molar refractivity (Wildman–Crippen MR) is 77.3 cm³/mol. The zero-order valence-electron chi connectivity index (χ0n) is 12.6. The molecule has 2 aromatic rings. The lowest BCUT2D eigenvalue weighted by molar-refractivity contribution is 0.419. The number of aromatic nitrogens is 4. The average Bonchev–Trinajstić information content (AvgIpc) is 2.89. The van der Waals surface area contributed by atoms with Crippen molar-refractivity contribution in [3.63, 3.8) is 0 Å². The van der Waals surface area contributed by atoms with Gasteiger partial charge in [0.1, 0.15) is 0 Å². The number of hydrogen-bond acceptors (Lipinski definition) is 5. The van der Waals surface area contributed by atoms with Crippen LogP contribution in [0.4, 0.5) is 17.2 Å². The molecule has 21 heavy (non-hydrogen) atoms. The third-order valence-electron chi connectivity index (χ3n) is 2.96. The van der Waals surface area contributed by atoms with Gasteiger partial charge in [0.15, 0.2) is 11.5 Å². The molecule has 0 aromatic carbocycles. The highest BCUT2D eigenvalue weighted by molar-refractivity contribution is 5.65. The van der Waals surface area contributed by atoms with Gasteiger partial charge < -0.3 is 5.11 Å². The highest BCUT2D eigenvalue weighted by Crippen LogP contribution is 2.39. The fourth-order valence-electron chi connectivity index (χ4n) is 1.82. The highest BCUT2D eigenvalue weighted by Gasteiger charge is 2.26. The minimum atomic E-state index is -0.292. The first kappa shape index (κ1) is 14.7. The molecule has 2 rings (SSSR count). The summed E-state index contributed by atoms with van der Waals surface area (Å²) in [6.45, 7) is 14.7. The van der Waals surface area contributed by atoms with Crippen molar-refractivity contribution in [2.75, 3.05) is 0 Å². The number of aromatic amines is 1. The van der Waals surface area contributed by atoms with E-state index in [1.165, 1.54) is 4.68 Å². The maximum atomic E-state index is 10.1. The number of aromatic hydroxyl groups is 1. The summed E-state index contributed by atoms with van der Waals surface area (Å²) in [7, 11) is 1.63. The van der Waals surface area contributed by atoms with Gasteiger partial charge >= 0.3 is 0 Å². The number of azo groups is 1. The van der Waals surface area contributed by atoms with Crippen molar-refractivity contribution in [3.05, 3.63) is 22.8 Å². The zero-order chi connectivity index (χ0) is 15.8. The molecule has 0 aliphatic rings. The molecule has 0 aliphatic carbocycles. The summed E-state index contributed by atoms with van der Waals surface area (Å²) in [5.74, 6) is 0.204. The van der Waals surface area contributed by atoms with Gasteiger partial charge in [-0.2, -0.15) is 10.2 Å². The lowest BCUT2D eigenvalue weighted by Crippen LogP contribution is -2.12. The summed E-state index contributed by atoms with van der Waals surface area (Å²) in [6.07, 6.45) is 0. The first-order valence-electron chi connectivity index (χ1n) is 6.36. The van der Waals surface area contributed by atoms with Crippen LogP contribution in [0, 0.1) is 13.5 Å². The molecule has 0 bridgehead atoms. The van der Waals surface area contributed by atoms with Crippen LogP contribution in [0.25, 0.3) is 4.85 Å². The molecule has 8 nitrogen and oxygen atoms in total. The Kier molecular flexibility index (Phi) is 3.51. The number of rotatable bonds is 2. The minimum Gasteiger partial charge on any atom is -0.492 e. The second-order valence-electron chi connectivity index (χ2n) is 5.71. The van der Waals surface area contributed by atoms with Gasteiger partial charge in [0.2, 0.25) is 5.88 Å². The van der Waals surface area contributed by atoms with Crippen molar-refractivity contribution in [3.8, 4) is 5.88 Å². The molecular weight excluding hydrogens is 270 g/mol. The Hall–Kier alpha value is -2.69. The Morgan fingerprint density at radius 3 is 2.57 bits per heavy atom. The van der Waals surface area contributed by atoms with E-state index in [2.05, 4.69) is 30.4 Å². The predicted octanol–water partition coefficient (Wildman–Crippen LogP) is 3.42. The normalized spacial score (nSPS) is 12.0. The molecular formula is C13H17N7O. The molecule has 0 unspecified atom stereocenters. The van der Waals surface area contributed by atoms with Gasteiger partial charge in [0.25, 0.3) is 5.69 Å². The molecule has 8 heteroatoms. The van der Waals surface area contributed by atoms with Crippen LogP contribution in [0.1, 0.15) is 32.2 Å². The van der Waals surface area contributed by atoms with E-state index in [0.717, 1.165) is 0 Å². The molecule has 0 saturated carbocycles. The van der Waals surface area contributed by atoms with E-state index in [1.807, 2.05) is 20.8 Å². The smallest absolute Gasteiger partial charge is 0.254 e. The molecule has 2 heterocycles. The monoisotopic (exact) mass is 287 g/mol. The zero-order valence-corrected chi connectivity index (χ0v) is 12.6. The van der Waals surface area contributed by atoms with Gasteiger partial charge in [-0.25, -0.2) is 9.53 Å². The van der Waals surface area contributed by atoms with E-state index in [9.17, 15) is 5.11 Å². The van der Waals surface area contributed by atoms with E-state index in [1.54, 1.807) is 14.0 Å². The van der Waals surface area contributed by atoms with Gasteiger partial charge in [0.05, 0.1) is 18.0 Å². The lowest BCUT2D eigenvalue weighted by Gasteiger charge is -2.14. The number of aryl methyl sites for hydroxylation is 2. The van der Waals surface area contributed by atoms with Crippen molar-refractivity contribution >= 4 is 17.2 Å². The second-order valence-corrected chi connectivity index (χ2v) is 5.71. The highest BCUT2D eigenvalue weighted by atomic mass is 16.3. The lowest BCUT2D eigenvalue weighted by atomic mass is 9.91. The van der Waals surface area contributed by atoms with Crippen LogP contribution in [0.15, 0.2) is 10.2 Å². The topological polar surface area (TPSA) is 95.8 Å². The van der Waals surface area contributed by atoms with Crippen molar-refractivity contribution in [1.29, 1.82) is 0 Å². The SMILES string of the molecule is [C-]#[N+]c1c(C)n[nH]c1/N=N/c1c(C(C)(C)C)nn(C)c1O. The summed E-state index contributed by atoms with van der Waals surface area (Å²) in [5, 5.41) is 28.9. The van der Waals surface area contributed by atoms with Crippen LogP contribution in [0.5, 0.6) is 5.88 Å². The maximum absolute atomic E-state index is 10.1. The Morgan fingerprint density at radius 2 is 2.00 bits per heavy atom. The first-order valence-corrected chi connectivity index (χ1v) is 6.36. The molecule has 0 spiro atoms. The first-order chi connectivity index (χ1) is 9.75. The van der Waals surface area contributed by atoms with E-state index < -0.39 is 0 Å². The summed E-state index contributed by atoms with van der Waals surface area (Å²) < 4.78 is 1.35. The van der Waals surface area contributed by atoms with Crippen LogP contribution < -0.4 is 0 Å². The number of H-pyrrole nitrogens is 1. The molecule has 0 aliphatic heterocycles. The van der Waals surface area contributed by atoms with Gasteiger partial charge in [-0.05, 0) is 6.92 Å². The van der Waals surface area contributed by atoms with Crippen LogP contribution in [-0.4, -0.2) is 25.1 Å². The van der Waals surface area contributed by atoms with E-state index in [0.29, 0.717) is 22.8 Å². The fourth-order valence-corrected chi connectivity index (χ4v) is 1.82. The Labute approximate surface area is 122 Å². The van der Waals surface area contributed by atoms with Crippen LogP contribution in [-0.2, 0) is 12.5 Å². The van der Waals surface area contributed by atoms with Crippen molar-refractivity contribution in [2.45, 2.75) is 33.1 Å². The summed E-state index contributed by atoms with van der Waals surface area (Å²) in [5.41, 5.74) is 1.52. The van der Waals surface area contributed by atoms with Crippen molar-refractivity contribution in [1.82, 2.24) is 20.0 Å². The van der Waals surface area contributed by atoms with Crippen LogP contribution >= 0.6 is 0 Å². The molecule has 0 fully saturated rings. The maximum Gasteiger partial charge on any atom is 0.254 e. The van der Waals surface area contributed by atoms with E-state index >= 15 is 0 Å². The second kappa shape index (κ2) is 5.01. The molecule has 0 amide bonds. The van der Waals surface area contributed by atoms with Gasteiger partial charge in [0, 0.05) is 12.5 Å². The number of nitrogens with one attached hydrogen (secondary N) is 1. The van der Waals surface area contributed by atoms with Gasteiger partial charge in [-0.15, -0.1) is 10.2 Å². The van der Waals surface area contributed by atoms with E-state index in [4.69, 9.17) is 6.57 Å². The molecule has 0 saturated heterocycles. The number of nitrogens with zero attached hydrogens (tertiary/aromatic N) is 6. The summed E-state index contributed by atoms with van der Waals surface area (Å²) in [4.78, 5) is 3.36. The van der Waals surface area contributed by atoms with Crippen molar-refractivity contribution in [2.24, 2.45) is 17.3 Å². The summed E-state index contributed by atoms with van der Waals surface area (Å²) >= 11 is 0. The van der Waals surface area contributed by atoms with Crippen molar-refractivity contribution < 1.29 is 5.11 Å². The third-order valence-corrected chi connectivity index (χ3v) is 2.96. The summed E-state index contributed by atoms with van der Waals surface area (Å²) in [6, 6.07) is 0. The molecule has 0 radical (unpaired) electrons. The molecule has 2 aromatic heterocycles. The quantitative estimate of drug-likeness (QED) is 0.654. The van der Waals surface area contributed by atoms with Gasteiger partial charge in [-0.3, -0.25) is 5.10 Å². The Balaban J connectivity index is 2.49. The third kappa shape index (κ3) is 2.63. The minimum absolute atomic E-state index is 0.0655. The Morgan fingerprint density at radius 1 is 1.33 bits per heavy atom. The fraction of sp³-hybridized carbons (Fsp3) is 0.462. The van der Waals surface area contributed by atoms with Crippen LogP contribution in [0.3, 0.4) is 0 Å². The van der Waals surface area contributed by atoms with Gasteiger partial charge in [-0.1, -0.05) is 20.8 Å². The van der Waals surface area contributed by atoms with Crippen LogP contribution in [0.2, 0.25) is 0 Å². The van der Waals surface area contributed by atoms with E-state index in [-0.39, 0.29) is 17.1 Å². The Bertz CT molecular complexity index is 740. The molecule has 110 valence electrons. The average molecular weight is 287 g/mol. The molecule has 2 N–H and O–H groups in total. The number of hydrogen-bond donors (Lipinski definition) is 2. The largest absolute Gasteiger partial charge is 0.492 e. The molecule has 0 atom stereocenters. The standard InChI is InChI=1S/C13H17N7O/c1-7-8(14-5)11(17-15-7)18-16-9-10(13(2,3)4)19-20(6)12(9)21/h21H,1-4,6H3,(H,15,17)/b18-16+.